The van der Waals surface area contributed by atoms with Crippen LogP contribution in [0, 0.1) is 5.92 Å². The van der Waals surface area contributed by atoms with Crippen molar-refractivity contribution in [3.05, 3.63) is 36.1 Å². The van der Waals surface area contributed by atoms with Crippen molar-refractivity contribution in [3.63, 3.8) is 0 Å². The Kier molecular flexibility index (Phi) is 4.85. The molecule has 1 saturated heterocycles. The van der Waals surface area contributed by atoms with Crippen LogP contribution in [0.5, 0.6) is 0 Å². The molecule has 1 aliphatic heterocycles. The lowest BCUT2D eigenvalue weighted by atomic mass is 9.97. The van der Waals surface area contributed by atoms with Crippen LogP contribution in [0.4, 0.5) is 0 Å². The van der Waals surface area contributed by atoms with Crippen molar-refractivity contribution >= 4 is 22.8 Å². The standard InChI is InChI=1S/C18H23N3O3/c1-12(16-9-13-5-2-3-7-15(13)24-16)20-17(22)11-21-8-4-6-14(10-21)18(19)23/h2-3,5,7,9,12,14H,4,6,8,10-11H2,1H3,(H2,19,23)(H,20,22)/t12-,14-/m0/s1. The van der Waals surface area contributed by atoms with Crippen LogP contribution in [0.1, 0.15) is 31.6 Å². The van der Waals surface area contributed by atoms with Gasteiger partial charge in [-0.2, -0.15) is 0 Å². The van der Waals surface area contributed by atoms with Crippen LogP contribution in [0.25, 0.3) is 11.0 Å². The third-order valence-electron chi connectivity index (χ3n) is 4.52. The molecule has 0 aliphatic carbocycles. The Morgan fingerprint density at radius 2 is 2.21 bits per heavy atom. The highest BCUT2D eigenvalue weighted by Crippen LogP contribution is 2.23. The molecule has 2 amide bonds. The van der Waals surface area contributed by atoms with Crippen molar-refractivity contribution < 1.29 is 14.0 Å². The number of para-hydroxylation sites is 1. The second-order valence-corrected chi connectivity index (χ2v) is 6.45. The van der Waals surface area contributed by atoms with E-state index in [4.69, 9.17) is 10.2 Å². The third-order valence-corrected chi connectivity index (χ3v) is 4.52. The second kappa shape index (κ2) is 7.05. The van der Waals surface area contributed by atoms with Crippen LogP contribution in [-0.4, -0.2) is 36.3 Å². The summed E-state index contributed by atoms with van der Waals surface area (Å²) in [4.78, 5) is 25.6. The third kappa shape index (κ3) is 3.76. The molecule has 1 aliphatic rings. The number of carbonyl (C=O) groups excluding carboxylic acids is 2. The van der Waals surface area contributed by atoms with Crippen molar-refractivity contribution in [1.82, 2.24) is 10.2 Å². The van der Waals surface area contributed by atoms with Gasteiger partial charge in [-0.15, -0.1) is 0 Å². The quantitative estimate of drug-likeness (QED) is 0.875. The molecule has 6 nitrogen and oxygen atoms in total. The number of rotatable bonds is 5. The smallest absolute Gasteiger partial charge is 0.234 e. The second-order valence-electron chi connectivity index (χ2n) is 6.45. The Morgan fingerprint density at radius 3 is 2.96 bits per heavy atom. The molecule has 2 heterocycles. The molecule has 6 heteroatoms. The summed E-state index contributed by atoms with van der Waals surface area (Å²) in [6.07, 6.45) is 1.70. The lowest BCUT2D eigenvalue weighted by Crippen LogP contribution is -2.45. The largest absolute Gasteiger partial charge is 0.459 e. The maximum atomic E-state index is 12.3. The molecule has 128 valence electrons. The van der Waals surface area contributed by atoms with Crippen LogP contribution in [-0.2, 0) is 9.59 Å². The van der Waals surface area contributed by atoms with E-state index in [1.54, 1.807) is 0 Å². The molecule has 1 aromatic carbocycles. The number of likely N-dealkylation sites (tertiary alicyclic amines) is 1. The van der Waals surface area contributed by atoms with Crippen LogP contribution in [0.15, 0.2) is 34.7 Å². The maximum absolute atomic E-state index is 12.3. The first-order valence-corrected chi connectivity index (χ1v) is 8.32. The lowest BCUT2D eigenvalue weighted by molar-refractivity contribution is -0.127. The van der Waals surface area contributed by atoms with E-state index in [0.29, 0.717) is 6.54 Å². The molecule has 1 fully saturated rings. The average molecular weight is 329 g/mol. The van der Waals surface area contributed by atoms with Crippen molar-refractivity contribution in [1.29, 1.82) is 0 Å². The molecular formula is C18H23N3O3. The number of carbonyl (C=O) groups is 2. The number of fused-ring (bicyclic) bond motifs is 1. The molecule has 0 unspecified atom stereocenters. The van der Waals surface area contributed by atoms with Gasteiger partial charge in [0, 0.05) is 11.9 Å². The van der Waals surface area contributed by atoms with Crippen molar-refractivity contribution in [2.45, 2.75) is 25.8 Å². The van der Waals surface area contributed by atoms with E-state index in [1.807, 2.05) is 42.2 Å². The van der Waals surface area contributed by atoms with Gasteiger partial charge in [0.05, 0.1) is 18.5 Å². The number of hydrogen-bond donors (Lipinski definition) is 2. The fourth-order valence-corrected chi connectivity index (χ4v) is 3.21. The molecule has 0 spiro atoms. The number of amides is 2. The van der Waals surface area contributed by atoms with E-state index in [-0.39, 0.29) is 30.3 Å². The van der Waals surface area contributed by atoms with Crippen LogP contribution < -0.4 is 11.1 Å². The number of benzene rings is 1. The minimum absolute atomic E-state index is 0.0759. The van der Waals surface area contributed by atoms with Gasteiger partial charge in [-0.3, -0.25) is 14.5 Å². The van der Waals surface area contributed by atoms with Crippen molar-refractivity contribution in [2.24, 2.45) is 11.7 Å². The number of piperidine rings is 1. The highest BCUT2D eigenvalue weighted by atomic mass is 16.3. The summed E-state index contributed by atoms with van der Waals surface area (Å²) < 4.78 is 5.78. The average Bonchev–Trinajstić information content (AvgIpc) is 2.99. The number of hydrogen-bond acceptors (Lipinski definition) is 4. The first kappa shape index (κ1) is 16.5. The van der Waals surface area contributed by atoms with Crippen LogP contribution in [0.2, 0.25) is 0 Å². The molecular weight excluding hydrogens is 306 g/mol. The minimum Gasteiger partial charge on any atom is -0.459 e. The molecule has 0 saturated carbocycles. The van der Waals surface area contributed by atoms with E-state index in [2.05, 4.69) is 5.32 Å². The predicted molar refractivity (Wildman–Crippen MR) is 91.1 cm³/mol. The summed E-state index contributed by atoms with van der Waals surface area (Å²) in [6, 6.07) is 9.51. The van der Waals surface area contributed by atoms with E-state index in [1.165, 1.54) is 0 Å². The van der Waals surface area contributed by atoms with E-state index >= 15 is 0 Å². The Hall–Kier alpha value is -2.34. The minimum atomic E-state index is -0.282. The number of nitrogens with two attached hydrogens (primary N) is 1. The van der Waals surface area contributed by atoms with E-state index in [0.717, 1.165) is 36.1 Å². The Balaban J connectivity index is 1.57. The van der Waals surface area contributed by atoms with E-state index in [9.17, 15) is 9.59 Å². The van der Waals surface area contributed by atoms with Gasteiger partial charge < -0.3 is 15.5 Å². The maximum Gasteiger partial charge on any atom is 0.234 e. The van der Waals surface area contributed by atoms with Gasteiger partial charge >= 0.3 is 0 Å². The molecule has 1 aromatic heterocycles. The van der Waals surface area contributed by atoms with Gasteiger partial charge in [-0.25, -0.2) is 0 Å². The van der Waals surface area contributed by atoms with Gasteiger partial charge in [0.15, 0.2) is 0 Å². The summed E-state index contributed by atoms with van der Waals surface area (Å²) in [5, 5.41) is 3.98. The Labute approximate surface area is 141 Å². The van der Waals surface area contributed by atoms with Crippen molar-refractivity contribution in [3.8, 4) is 0 Å². The monoisotopic (exact) mass is 329 g/mol. The summed E-state index contributed by atoms with van der Waals surface area (Å²) in [7, 11) is 0. The van der Waals surface area contributed by atoms with E-state index < -0.39 is 0 Å². The number of furan rings is 1. The highest BCUT2D eigenvalue weighted by molar-refractivity contribution is 5.80. The number of primary amides is 1. The SMILES string of the molecule is C[C@H](NC(=O)CN1CCC[C@H](C(N)=O)C1)c1cc2ccccc2o1. The van der Waals surface area contributed by atoms with Crippen LogP contribution in [0.3, 0.4) is 0 Å². The fraction of sp³-hybridized carbons (Fsp3) is 0.444. The van der Waals surface area contributed by atoms with Crippen molar-refractivity contribution in [2.75, 3.05) is 19.6 Å². The zero-order valence-electron chi connectivity index (χ0n) is 13.8. The molecule has 3 N–H and O–H groups in total. The highest BCUT2D eigenvalue weighted by Gasteiger charge is 2.25. The zero-order chi connectivity index (χ0) is 17.1. The van der Waals surface area contributed by atoms with Gasteiger partial charge in [0.2, 0.25) is 11.8 Å². The molecule has 3 rings (SSSR count). The Bertz CT molecular complexity index is 707. The fourth-order valence-electron chi connectivity index (χ4n) is 3.21. The molecule has 2 atom stereocenters. The number of nitrogens with one attached hydrogen (secondary N) is 1. The van der Waals surface area contributed by atoms with Gasteiger partial charge in [-0.05, 0) is 38.4 Å². The zero-order valence-corrected chi connectivity index (χ0v) is 13.8. The van der Waals surface area contributed by atoms with Crippen LogP contribution >= 0.6 is 0 Å². The normalized spacial score (nSPS) is 20.0. The summed E-state index contributed by atoms with van der Waals surface area (Å²) >= 11 is 0. The first-order valence-electron chi connectivity index (χ1n) is 8.32. The Morgan fingerprint density at radius 1 is 1.42 bits per heavy atom. The number of nitrogens with zero attached hydrogens (tertiary/aromatic N) is 1. The molecule has 2 aromatic rings. The molecule has 0 bridgehead atoms. The summed E-state index contributed by atoms with van der Waals surface area (Å²) in [6.45, 7) is 3.55. The first-order chi connectivity index (χ1) is 11.5. The lowest BCUT2D eigenvalue weighted by Gasteiger charge is -2.30. The molecule has 24 heavy (non-hydrogen) atoms. The molecule has 0 radical (unpaired) electrons. The van der Waals surface area contributed by atoms with Gasteiger partial charge in [0.1, 0.15) is 11.3 Å². The predicted octanol–water partition coefficient (Wildman–Crippen LogP) is 1.81. The van der Waals surface area contributed by atoms with Gasteiger partial charge in [0.25, 0.3) is 0 Å². The summed E-state index contributed by atoms with van der Waals surface area (Å²) in [5.74, 6) is 0.224. The van der Waals surface area contributed by atoms with Gasteiger partial charge in [-0.1, -0.05) is 18.2 Å². The summed E-state index contributed by atoms with van der Waals surface area (Å²) in [5.41, 5.74) is 6.19. The topological polar surface area (TPSA) is 88.6 Å².